The van der Waals surface area contributed by atoms with Gasteiger partial charge in [0.1, 0.15) is 19.3 Å². The molecule has 0 spiro atoms. The van der Waals surface area contributed by atoms with Crippen LogP contribution in [0.3, 0.4) is 0 Å². The lowest BCUT2D eigenvalue weighted by Crippen LogP contribution is -2.41. The number of unbranched alkanes of at least 4 members (excludes halogenated alkanes) is 15. The third-order valence-electron chi connectivity index (χ3n) is 8.95. The molecule has 59 heavy (non-hydrogen) atoms. The quantitative estimate of drug-likeness (QED) is 0.0437. The molecule has 5 amide bonds. The van der Waals surface area contributed by atoms with Crippen LogP contribution in [0.2, 0.25) is 0 Å². The van der Waals surface area contributed by atoms with Crippen molar-refractivity contribution in [3.05, 3.63) is 6.92 Å². The van der Waals surface area contributed by atoms with Gasteiger partial charge in [-0.25, -0.2) is 4.79 Å². The van der Waals surface area contributed by atoms with Gasteiger partial charge >= 0.3 is 11.9 Å². The molecule has 0 saturated carbocycles. The van der Waals surface area contributed by atoms with Gasteiger partial charge < -0.3 is 55.7 Å². The fourth-order valence-corrected chi connectivity index (χ4v) is 5.73. The van der Waals surface area contributed by atoms with Crippen molar-refractivity contribution in [2.24, 2.45) is 0 Å². The van der Waals surface area contributed by atoms with Gasteiger partial charge in [-0.2, -0.15) is 0 Å². The molecule has 0 heterocycles. The molecule has 0 aromatic heterocycles. The molecule has 0 aromatic rings. The fourth-order valence-electron chi connectivity index (χ4n) is 5.73. The van der Waals surface area contributed by atoms with Crippen LogP contribution >= 0.6 is 0 Å². The lowest BCUT2D eigenvalue weighted by Gasteiger charge is -2.14. The van der Waals surface area contributed by atoms with E-state index >= 15 is 0 Å². The predicted molar refractivity (Wildman–Crippen MR) is 220 cm³/mol. The fraction of sp³-hybridized carbons (Fsp3) is 0.805. The van der Waals surface area contributed by atoms with Crippen molar-refractivity contribution in [1.29, 1.82) is 0 Å². The summed E-state index contributed by atoms with van der Waals surface area (Å²) in [7, 11) is 0. The molecule has 1 radical (unpaired) electrons. The second-order valence-corrected chi connectivity index (χ2v) is 14.3. The third kappa shape index (κ3) is 42.1. The maximum absolute atomic E-state index is 12.3. The highest BCUT2D eigenvalue weighted by Gasteiger charge is 2.20. The number of hydrogen-bond donors (Lipinski definition) is 7. The molecule has 0 unspecified atom stereocenters. The molecule has 0 aliphatic heterocycles. The van der Waals surface area contributed by atoms with E-state index in [0.717, 1.165) is 38.5 Å². The summed E-state index contributed by atoms with van der Waals surface area (Å²) in [5.41, 5.74) is 0. The molecule has 341 valence electrons. The van der Waals surface area contributed by atoms with Crippen LogP contribution < -0.4 is 26.6 Å². The number of carbonyl (C=O) groups is 7. The zero-order valence-corrected chi connectivity index (χ0v) is 35.3. The molecule has 0 rings (SSSR count). The highest BCUT2D eigenvalue weighted by molar-refractivity contribution is 5.84. The zero-order chi connectivity index (χ0) is 43.6. The monoisotopic (exact) mass is 845 g/mol. The van der Waals surface area contributed by atoms with Crippen molar-refractivity contribution in [2.75, 3.05) is 79.0 Å². The number of nitrogens with one attached hydrogen (secondary N) is 5. The van der Waals surface area contributed by atoms with Crippen LogP contribution in [0.25, 0.3) is 0 Å². The first-order chi connectivity index (χ1) is 28.5. The minimum Gasteiger partial charge on any atom is -0.481 e. The minimum absolute atomic E-state index is 0.0249. The molecule has 0 aromatic carbocycles. The summed E-state index contributed by atoms with van der Waals surface area (Å²) in [4.78, 5) is 80.7. The number of ether oxygens (including phenoxy) is 4. The Morgan fingerprint density at radius 2 is 0.814 bits per heavy atom. The molecule has 0 saturated heterocycles. The van der Waals surface area contributed by atoms with Crippen LogP contribution in [0.5, 0.6) is 0 Å². The van der Waals surface area contributed by atoms with Gasteiger partial charge in [0.25, 0.3) is 0 Å². The molecule has 0 bridgehead atoms. The Morgan fingerprint density at radius 3 is 1.25 bits per heavy atom. The van der Waals surface area contributed by atoms with Crippen LogP contribution in [0, 0.1) is 6.92 Å². The molecule has 1 atom stereocenters. The summed E-state index contributed by atoms with van der Waals surface area (Å²) in [6.07, 6.45) is 18.3. The van der Waals surface area contributed by atoms with E-state index in [0.29, 0.717) is 6.42 Å². The van der Waals surface area contributed by atoms with E-state index in [1.807, 2.05) is 0 Å². The SMILES string of the molecule is [CH2]C(=O)NCCNC(=O)COCCOCCNC(=O)COCCOCCNC(=O)CC[C@H](NC(=O)CCCCCCCCCCCCCCCCCCC(=O)O)C(=O)O. The standard InChI is InChI=1S/C41H74N5O13/c1-34(47)42-22-23-43-38(50)32-58-30-29-57-27-25-45-39(51)33-59-31-28-56-26-24-44-36(48)21-20-35(41(54)55)46-37(49)18-16-14-12-10-8-6-4-2-3-5-7-9-11-13-15-17-19-40(52)53/h35H,1-33H2,(H,42,47)(H,43,50)(H,44,48)(H,45,51)(H,46,49)(H,52,53)(H,54,55)/t35-/m0/s1. The van der Waals surface area contributed by atoms with Gasteiger partial charge in [-0.1, -0.05) is 89.9 Å². The van der Waals surface area contributed by atoms with E-state index in [9.17, 15) is 38.7 Å². The number of hydrogen-bond acceptors (Lipinski definition) is 11. The Hall–Kier alpha value is -3.87. The molecular formula is C41H74N5O13. The van der Waals surface area contributed by atoms with Crippen LogP contribution in [0.4, 0.5) is 0 Å². The van der Waals surface area contributed by atoms with Gasteiger partial charge in [-0.15, -0.1) is 0 Å². The van der Waals surface area contributed by atoms with E-state index in [-0.39, 0.29) is 128 Å². The summed E-state index contributed by atoms with van der Waals surface area (Å²) in [6, 6.07) is -1.14. The summed E-state index contributed by atoms with van der Waals surface area (Å²) >= 11 is 0. The number of carboxylic acids is 2. The smallest absolute Gasteiger partial charge is 0.326 e. The van der Waals surface area contributed by atoms with Gasteiger partial charge in [-0.3, -0.25) is 28.8 Å². The van der Waals surface area contributed by atoms with Crippen molar-refractivity contribution >= 4 is 41.5 Å². The summed E-state index contributed by atoms with van der Waals surface area (Å²) in [5.74, 6) is -3.63. The normalized spacial score (nSPS) is 11.4. The van der Waals surface area contributed by atoms with E-state index in [2.05, 4.69) is 33.5 Å². The summed E-state index contributed by atoms with van der Waals surface area (Å²) in [5, 5.41) is 31.0. The second kappa shape index (κ2) is 40.9. The first-order valence-electron chi connectivity index (χ1n) is 21.5. The molecule has 18 nitrogen and oxygen atoms in total. The molecule has 7 N–H and O–H groups in total. The number of amides is 5. The number of carbonyl (C=O) groups excluding carboxylic acids is 5. The Labute approximate surface area is 350 Å². The van der Waals surface area contributed by atoms with Gasteiger partial charge in [0.05, 0.1) is 39.6 Å². The lowest BCUT2D eigenvalue weighted by molar-refractivity contribution is -0.142. The van der Waals surface area contributed by atoms with Crippen molar-refractivity contribution in [3.8, 4) is 0 Å². The van der Waals surface area contributed by atoms with E-state index in [4.69, 9.17) is 24.1 Å². The summed E-state index contributed by atoms with van der Waals surface area (Å²) in [6.45, 7) is 5.13. The van der Waals surface area contributed by atoms with Gasteiger partial charge in [0.15, 0.2) is 0 Å². The van der Waals surface area contributed by atoms with Crippen LogP contribution in [0.1, 0.15) is 128 Å². The Kier molecular flexibility index (Phi) is 38.2. The maximum Gasteiger partial charge on any atom is 0.326 e. The third-order valence-corrected chi connectivity index (χ3v) is 8.95. The van der Waals surface area contributed by atoms with Crippen molar-refractivity contribution in [1.82, 2.24) is 26.6 Å². The first-order valence-corrected chi connectivity index (χ1v) is 21.5. The first kappa shape index (κ1) is 55.1. The molecule has 18 heteroatoms. The largest absolute Gasteiger partial charge is 0.481 e. The number of aliphatic carboxylic acids is 2. The average molecular weight is 845 g/mol. The zero-order valence-electron chi connectivity index (χ0n) is 35.3. The predicted octanol–water partition coefficient (Wildman–Crippen LogP) is 2.81. The average Bonchev–Trinajstić information content (AvgIpc) is 3.19. The highest BCUT2D eigenvalue weighted by Crippen LogP contribution is 2.14. The highest BCUT2D eigenvalue weighted by atomic mass is 16.5. The van der Waals surface area contributed by atoms with E-state index in [1.54, 1.807) is 0 Å². The Balaban J connectivity index is 3.63. The molecule has 0 aliphatic carbocycles. The van der Waals surface area contributed by atoms with Gasteiger partial charge in [0, 0.05) is 52.4 Å². The number of rotatable bonds is 43. The van der Waals surface area contributed by atoms with Gasteiger partial charge in [0.2, 0.25) is 29.5 Å². The van der Waals surface area contributed by atoms with Crippen molar-refractivity contribution in [3.63, 3.8) is 0 Å². The molecular weight excluding hydrogens is 770 g/mol. The molecule has 0 aliphatic rings. The summed E-state index contributed by atoms with van der Waals surface area (Å²) < 4.78 is 21.1. The van der Waals surface area contributed by atoms with Crippen LogP contribution in [-0.2, 0) is 52.5 Å². The van der Waals surface area contributed by atoms with E-state index in [1.165, 1.54) is 57.8 Å². The maximum atomic E-state index is 12.3. The van der Waals surface area contributed by atoms with E-state index < -0.39 is 23.9 Å². The Morgan fingerprint density at radius 1 is 0.424 bits per heavy atom. The number of carboxylic acid groups (broad SMARTS) is 2. The van der Waals surface area contributed by atoms with Crippen molar-refractivity contribution < 1.29 is 62.7 Å². The lowest BCUT2D eigenvalue weighted by atomic mass is 10.0. The molecule has 0 fully saturated rings. The topological polar surface area (TPSA) is 257 Å². The van der Waals surface area contributed by atoms with Crippen molar-refractivity contribution in [2.45, 2.75) is 134 Å². The second-order valence-electron chi connectivity index (χ2n) is 14.3. The van der Waals surface area contributed by atoms with Crippen LogP contribution in [-0.4, -0.2) is 137 Å². The van der Waals surface area contributed by atoms with Crippen LogP contribution in [0.15, 0.2) is 0 Å². The Bertz CT molecular complexity index is 1150. The van der Waals surface area contributed by atoms with Gasteiger partial charge in [-0.05, 0) is 19.3 Å². The minimum atomic E-state index is -1.18.